The van der Waals surface area contributed by atoms with E-state index in [2.05, 4.69) is 10.00 Å². The fraction of sp³-hybridized carbons (Fsp3) is 0.643. The van der Waals surface area contributed by atoms with Gasteiger partial charge >= 0.3 is 0 Å². The molecule has 8 nitrogen and oxygen atoms in total. The largest absolute Gasteiger partial charge is 0.335 e. The molecule has 0 radical (unpaired) electrons. The van der Waals surface area contributed by atoms with Gasteiger partial charge in [0.2, 0.25) is 0 Å². The Kier molecular flexibility index (Phi) is 4.24. The van der Waals surface area contributed by atoms with Crippen LogP contribution in [0.4, 0.5) is 0 Å². The van der Waals surface area contributed by atoms with Gasteiger partial charge in [-0.25, -0.2) is 13.1 Å². The molecule has 1 atom stereocenters. The summed E-state index contributed by atoms with van der Waals surface area (Å²) in [4.78, 5) is 27.6. The van der Waals surface area contributed by atoms with Gasteiger partial charge in [-0.15, -0.1) is 0 Å². The molecule has 0 N–H and O–H groups in total. The SMILES string of the molecule is Cn1nc(C(=O)N2CCN(C3CCS(=O)(=O)C3)CC2)ccc1=O. The number of nitrogens with zero attached hydrogens (tertiary/aromatic N) is 4. The van der Waals surface area contributed by atoms with Crippen molar-refractivity contribution in [3.63, 3.8) is 0 Å². The Balaban J connectivity index is 1.61. The molecule has 1 unspecified atom stereocenters. The van der Waals surface area contributed by atoms with Gasteiger partial charge in [-0.1, -0.05) is 0 Å². The van der Waals surface area contributed by atoms with Crippen LogP contribution in [0.2, 0.25) is 0 Å². The van der Waals surface area contributed by atoms with Gasteiger partial charge in [0.05, 0.1) is 11.5 Å². The molecule has 3 rings (SSSR count). The standard InChI is InChI=1S/C14H20N4O4S/c1-16-13(19)3-2-12(15-16)14(20)18-7-5-17(6-8-18)11-4-9-23(21,22)10-11/h2-3,11H,4-10H2,1H3. The topological polar surface area (TPSA) is 92.6 Å². The van der Waals surface area contributed by atoms with Crippen molar-refractivity contribution in [2.75, 3.05) is 37.7 Å². The fourth-order valence-electron chi connectivity index (χ4n) is 3.13. The van der Waals surface area contributed by atoms with E-state index in [4.69, 9.17) is 0 Å². The molecule has 2 fully saturated rings. The van der Waals surface area contributed by atoms with E-state index in [9.17, 15) is 18.0 Å². The number of hydrogen-bond acceptors (Lipinski definition) is 6. The Morgan fingerprint density at radius 1 is 1.22 bits per heavy atom. The molecule has 9 heteroatoms. The smallest absolute Gasteiger partial charge is 0.274 e. The van der Waals surface area contributed by atoms with Crippen molar-refractivity contribution < 1.29 is 13.2 Å². The highest BCUT2D eigenvalue weighted by atomic mass is 32.2. The summed E-state index contributed by atoms with van der Waals surface area (Å²) in [5.41, 5.74) is -0.00203. The predicted octanol–water partition coefficient (Wildman–Crippen LogP) is -1.27. The molecule has 1 amide bonds. The number of amides is 1. The van der Waals surface area contributed by atoms with E-state index >= 15 is 0 Å². The number of rotatable bonds is 2. The summed E-state index contributed by atoms with van der Waals surface area (Å²) < 4.78 is 24.3. The molecule has 2 aliphatic rings. The molecule has 3 heterocycles. The molecule has 1 aromatic rings. The molecule has 126 valence electrons. The highest BCUT2D eigenvalue weighted by molar-refractivity contribution is 7.91. The van der Waals surface area contributed by atoms with E-state index in [1.165, 1.54) is 19.2 Å². The number of aromatic nitrogens is 2. The highest BCUT2D eigenvalue weighted by Crippen LogP contribution is 2.19. The lowest BCUT2D eigenvalue weighted by atomic mass is 10.2. The van der Waals surface area contributed by atoms with Gasteiger partial charge in [0.25, 0.3) is 11.5 Å². The molecule has 0 aliphatic carbocycles. The summed E-state index contributed by atoms with van der Waals surface area (Å²) in [5.74, 6) is 0.293. The molecule has 2 saturated heterocycles. The van der Waals surface area contributed by atoms with Crippen molar-refractivity contribution in [1.29, 1.82) is 0 Å². The van der Waals surface area contributed by atoms with Crippen molar-refractivity contribution >= 4 is 15.7 Å². The third-order valence-corrected chi connectivity index (χ3v) is 6.26. The number of hydrogen-bond donors (Lipinski definition) is 0. The van der Waals surface area contributed by atoms with Crippen molar-refractivity contribution in [1.82, 2.24) is 19.6 Å². The second kappa shape index (κ2) is 6.04. The number of sulfone groups is 1. The molecule has 0 saturated carbocycles. The lowest BCUT2D eigenvalue weighted by molar-refractivity contribution is 0.0580. The summed E-state index contributed by atoms with van der Waals surface area (Å²) in [5, 5.41) is 3.98. The number of piperazine rings is 1. The van der Waals surface area contributed by atoms with Gasteiger partial charge in [0, 0.05) is 45.3 Å². The minimum absolute atomic E-state index is 0.0768. The zero-order valence-electron chi connectivity index (χ0n) is 13.0. The fourth-order valence-corrected chi connectivity index (χ4v) is 4.89. The van der Waals surface area contributed by atoms with Crippen LogP contribution in [0.15, 0.2) is 16.9 Å². The van der Waals surface area contributed by atoms with E-state index in [1.54, 1.807) is 4.90 Å². The zero-order chi connectivity index (χ0) is 16.6. The normalized spacial score (nSPS) is 24.7. The minimum Gasteiger partial charge on any atom is -0.335 e. The molecule has 0 bridgehead atoms. The van der Waals surface area contributed by atoms with Crippen LogP contribution in [0.25, 0.3) is 0 Å². The van der Waals surface area contributed by atoms with Gasteiger partial charge in [-0.05, 0) is 12.5 Å². The molecule has 2 aliphatic heterocycles. The first kappa shape index (κ1) is 16.1. The maximum absolute atomic E-state index is 12.4. The average molecular weight is 340 g/mol. The lowest BCUT2D eigenvalue weighted by Crippen LogP contribution is -2.52. The second-order valence-corrected chi connectivity index (χ2v) is 8.29. The van der Waals surface area contributed by atoms with Crippen molar-refractivity contribution in [2.24, 2.45) is 7.05 Å². The number of carbonyl (C=O) groups excluding carboxylic acids is 1. The van der Waals surface area contributed by atoms with Crippen LogP contribution >= 0.6 is 0 Å². The third kappa shape index (κ3) is 3.45. The van der Waals surface area contributed by atoms with E-state index < -0.39 is 9.84 Å². The maximum Gasteiger partial charge on any atom is 0.274 e. The van der Waals surface area contributed by atoms with Gasteiger partial charge in [0.1, 0.15) is 5.69 Å². The first-order chi connectivity index (χ1) is 10.9. The Morgan fingerprint density at radius 2 is 1.91 bits per heavy atom. The van der Waals surface area contributed by atoms with Crippen LogP contribution < -0.4 is 5.56 Å². The van der Waals surface area contributed by atoms with Crippen LogP contribution in [0.1, 0.15) is 16.9 Å². The van der Waals surface area contributed by atoms with E-state index in [0.29, 0.717) is 32.6 Å². The van der Waals surface area contributed by atoms with Crippen molar-refractivity contribution in [3.05, 3.63) is 28.2 Å². The Labute approximate surface area is 134 Å². The van der Waals surface area contributed by atoms with Gasteiger partial charge in [-0.2, -0.15) is 5.10 Å². The minimum atomic E-state index is -2.89. The quantitative estimate of drug-likeness (QED) is 0.666. The summed E-state index contributed by atoms with van der Waals surface area (Å²) in [6.45, 7) is 2.41. The summed E-state index contributed by atoms with van der Waals surface area (Å²) in [7, 11) is -1.38. The summed E-state index contributed by atoms with van der Waals surface area (Å²) >= 11 is 0. The molecule has 0 spiro atoms. The molecular formula is C14H20N4O4S. The number of aryl methyl sites for hydroxylation is 1. The molecule has 1 aromatic heterocycles. The summed E-state index contributed by atoms with van der Waals surface area (Å²) in [6, 6.07) is 2.86. The predicted molar refractivity (Wildman–Crippen MR) is 84.0 cm³/mol. The Morgan fingerprint density at radius 3 is 2.48 bits per heavy atom. The van der Waals surface area contributed by atoms with Crippen LogP contribution in [0, 0.1) is 0 Å². The van der Waals surface area contributed by atoms with Crippen LogP contribution in [-0.2, 0) is 16.9 Å². The van der Waals surface area contributed by atoms with Gasteiger partial charge in [-0.3, -0.25) is 14.5 Å². The third-order valence-electron chi connectivity index (χ3n) is 4.51. The maximum atomic E-state index is 12.4. The first-order valence-corrected chi connectivity index (χ1v) is 9.46. The van der Waals surface area contributed by atoms with E-state index in [0.717, 1.165) is 4.68 Å². The molecule has 0 aromatic carbocycles. The van der Waals surface area contributed by atoms with Crippen LogP contribution in [0.3, 0.4) is 0 Å². The van der Waals surface area contributed by atoms with Crippen LogP contribution in [0.5, 0.6) is 0 Å². The summed E-state index contributed by atoms with van der Waals surface area (Å²) in [6.07, 6.45) is 0.679. The van der Waals surface area contributed by atoms with E-state index in [1.807, 2.05) is 0 Å². The average Bonchev–Trinajstić information content (AvgIpc) is 2.89. The Hall–Kier alpha value is -1.74. The zero-order valence-corrected chi connectivity index (χ0v) is 13.8. The highest BCUT2D eigenvalue weighted by Gasteiger charge is 2.34. The van der Waals surface area contributed by atoms with Crippen molar-refractivity contribution in [2.45, 2.75) is 12.5 Å². The van der Waals surface area contributed by atoms with Gasteiger partial charge < -0.3 is 4.90 Å². The number of carbonyl (C=O) groups is 1. The Bertz CT molecular complexity index is 765. The first-order valence-electron chi connectivity index (χ1n) is 7.64. The van der Waals surface area contributed by atoms with Gasteiger partial charge in [0.15, 0.2) is 9.84 Å². The van der Waals surface area contributed by atoms with Crippen molar-refractivity contribution in [3.8, 4) is 0 Å². The van der Waals surface area contributed by atoms with E-state index in [-0.39, 0.29) is 34.7 Å². The molecular weight excluding hydrogens is 320 g/mol. The monoisotopic (exact) mass is 340 g/mol. The second-order valence-electron chi connectivity index (χ2n) is 6.07. The molecule has 23 heavy (non-hydrogen) atoms. The van der Waals surface area contributed by atoms with Crippen LogP contribution in [-0.4, -0.2) is 77.6 Å². The lowest BCUT2D eigenvalue weighted by Gasteiger charge is -2.37.